The summed E-state index contributed by atoms with van der Waals surface area (Å²) in [5.41, 5.74) is 8.09. The van der Waals surface area contributed by atoms with E-state index in [4.69, 9.17) is 5.73 Å². The molecule has 0 aliphatic heterocycles. The lowest BCUT2D eigenvalue weighted by Gasteiger charge is -2.01. The van der Waals surface area contributed by atoms with E-state index in [0.717, 1.165) is 16.3 Å². The molecule has 0 bridgehead atoms. The van der Waals surface area contributed by atoms with Gasteiger partial charge >= 0.3 is 0 Å². The van der Waals surface area contributed by atoms with E-state index < -0.39 is 0 Å². The summed E-state index contributed by atoms with van der Waals surface area (Å²) >= 11 is 1.59. The number of hydrogen-bond donors (Lipinski definition) is 1. The van der Waals surface area contributed by atoms with E-state index in [-0.39, 0.29) is 0 Å². The number of rotatable bonds is 3. The monoisotopic (exact) mass is 222 g/mol. The number of nitrogens with zero attached hydrogens (tertiary/aromatic N) is 3. The van der Waals surface area contributed by atoms with Crippen LogP contribution in [0.2, 0.25) is 0 Å². The van der Waals surface area contributed by atoms with Gasteiger partial charge < -0.3 is 5.73 Å². The molecule has 6 heteroatoms. The molecule has 0 radical (unpaired) electrons. The molecule has 0 amide bonds. The zero-order chi connectivity index (χ0) is 10.7. The molecule has 0 saturated heterocycles. The van der Waals surface area contributed by atoms with E-state index >= 15 is 0 Å². The maximum absolute atomic E-state index is 5.76. The van der Waals surface area contributed by atoms with Gasteiger partial charge in [0.2, 0.25) is 0 Å². The first-order valence-corrected chi connectivity index (χ1v) is 5.36. The Kier molecular flexibility index (Phi) is 2.86. The van der Waals surface area contributed by atoms with Crippen LogP contribution in [0.1, 0.15) is 11.4 Å². The number of pyridine rings is 1. The third-order valence-corrected chi connectivity index (χ3v) is 3.02. The average Bonchev–Trinajstić information content (AvgIpc) is 2.63. The van der Waals surface area contributed by atoms with Gasteiger partial charge in [0.15, 0.2) is 0 Å². The van der Waals surface area contributed by atoms with Gasteiger partial charge in [-0.3, -0.25) is 4.98 Å². The second-order valence-corrected chi connectivity index (χ2v) is 4.02. The fourth-order valence-electron chi connectivity index (χ4n) is 1.05. The quantitative estimate of drug-likeness (QED) is 0.795. The number of thioether (sulfide) groups is 1. The van der Waals surface area contributed by atoms with Crippen molar-refractivity contribution in [2.45, 2.75) is 17.6 Å². The molecule has 2 heterocycles. The normalized spacial score (nSPS) is 10.5. The van der Waals surface area contributed by atoms with E-state index in [1.54, 1.807) is 24.2 Å². The van der Waals surface area contributed by atoms with Crippen molar-refractivity contribution in [3.63, 3.8) is 0 Å². The van der Waals surface area contributed by atoms with Crippen molar-refractivity contribution in [3.05, 3.63) is 29.8 Å². The largest absolute Gasteiger partial charge is 0.397 e. The molecule has 0 fully saturated rings. The Balaban J connectivity index is 2.06. The van der Waals surface area contributed by atoms with Crippen LogP contribution in [0.4, 0.5) is 5.69 Å². The molecule has 2 aromatic rings. The van der Waals surface area contributed by atoms with Crippen LogP contribution in [-0.2, 0) is 5.75 Å². The molecular weight excluding hydrogens is 212 g/mol. The molecule has 0 spiro atoms. The van der Waals surface area contributed by atoms with Crippen molar-refractivity contribution in [2.75, 3.05) is 5.73 Å². The molecule has 0 unspecified atom stereocenters. The minimum atomic E-state index is 0.677. The highest BCUT2D eigenvalue weighted by molar-refractivity contribution is 7.98. The Morgan fingerprint density at radius 3 is 3.00 bits per heavy atom. The Labute approximate surface area is 91.0 Å². The molecule has 2 rings (SSSR count). The van der Waals surface area contributed by atoms with Crippen LogP contribution in [0, 0.1) is 6.92 Å². The summed E-state index contributed by atoms with van der Waals surface area (Å²) in [4.78, 5) is 4.92. The summed E-state index contributed by atoms with van der Waals surface area (Å²) in [5, 5.41) is 7.51. The summed E-state index contributed by atoms with van der Waals surface area (Å²) in [6, 6.07) is 1.88. The highest BCUT2D eigenvalue weighted by Gasteiger charge is 2.06. The van der Waals surface area contributed by atoms with E-state index in [1.165, 1.54) is 0 Å². The van der Waals surface area contributed by atoms with Crippen molar-refractivity contribution in [1.29, 1.82) is 0 Å². The molecular formula is C9H10N4OS. The number of aromatic nitrogens is 3. The maximum Gasteiger partial charge on any atom is 0.118 e. The van der Waals surface area contributed by atoms with Gasteiger partial charge in [-0.05, 0) is 13.0 Å². The van der Waals surface area contributed by atoms with Gasteiger partial charge in [-0.15, -0.1) is 11.8 Å². The summed E-state index contributed by atoms with van der Waals surface area (Å²) in [7, 11) is 0. The van der Waals surface area contributed by atoms with E-state index in [2.05, 4.69) is 19.9 Å². The Morgan fingerprint density at radius 2 is 2.33 bits per heavy atom. The molecule has 0 saturated carbocycles. The maximum atomic E-state index is 5.76. The van der Waals surface area contributed by atoms with Crippen LogP contribution in [0.5, 0.6) is 0 Å². The molecule has 78 valence electrons. The Bertz CT molecular complexity index is 457. The molecule has 2 N–H and O–H groups in total. The fraction of sp³-hybridized carbons (Fsp3) is 0.222. The van der Waals surface area contributed by atoms with Crippen LogP contribution in [0.25, 0.3) is 0 Å². The van der Waals surface area contributed by atoms with Gasteiger partial charge in [-0.25, -0.2) is 4.63 Å². The highest BCUT2D eigenvalue weighted by Crippen LogP contribution is 2.26. The Hall–Kier alpha value is -1.56. The number of aryl methyl sites for hydroxylation is 1. The molecule has 0 atom stereocenters. The van der Waals surface area contributed by atoms with E-state index in [0.29, 0.717) is 11.4 Å². The van der Waals surface area contributed by atoms with Gasteiger partial charge in [-0.1, -0.05) is 10.3 Å². The first kappa shape index (κ1) is 9.97. The first-order chi connectivity index (χ1) is 7.27. The molecule has 5 nitrogen and oxygen atoms in total. The van der Waals surface area contributed by atoms with Gasteiger partial charge in [0.05, 0.1) is 11.9 Å². The first-order valence-electron chi connectivity index (χ1n) is 4.37. The fourth-order valence-corrected chi connectivity index (χ4v) is 1.98. The summed E-state index contributed by atoms with van der Waals surface area (Å²) < 4.78 is 4.61. The van der Waals surface area contributed by atoms with Crippen molar-refractivity contribution < 1.29 is 4.63 Å². The summed E-state index contributed by atoms with van der Waals surface area (Å²) in [5.74, 6) is 0.698. The predicted octanol–water partition coefficient (Wildman–Crippen LogP) is 1.65. The third-order valence-electron chi connectivity index (χ3n) is 1.92. The zero-order valence-corrected chi connectivity index (χ0v) is 8.99. The van der Waals surface area contributed by atoms with Crippen molar-refractivity contribution in [3.8, 4) is 0 Å². The lowest BCUT2D eigenvalue weighted by Crippen LogP contribution is -1.90. The smallest absolute Gasteiger partial charge is 0.118 e. The summed E-state index contributed by atoms with van der Waals surface area (Å²) in [6.45, 7) is 1.86. The van der Waals surface area contributed by atoms with Gasteiger partial charge in [0, 0.05) is 16.8 Å². The van der Waals surface area contributed by atoms with Crippen molar-refractivity contribution >= 4 is 17.4 Å². The standard InChI is InChI=1S/C9H10N4OS/c1-6-8(13-14-12-6)5-15-9-2-3-11-4-7(9)10/h2-4H,5,10H2,1H3. The SMILES string of the molecule is Cc1nonc1CSc1ccncc1N. The number of nitrogens with two attached hydrogens (primary N) is 1. The van der Waals surface area contributed by atoms with Crippen LogP contribution in [-0.4, -0.2) is 15.3 Å². The van der Waals surface area contributed by atoms with Crippen molar-refractivity contribution in [2.24, 2.45) is 0 Å². The topological polar surface area (TPSA) is 77.8 Å². The predicted molar refractivity (Wildman–Crippen MR) is 57.2 cm³/mol. The Morgan fingerprint density at radius 1 is 1.47 bits per heavy atom. The number of hydrogen-bond acceptors (Lipinski definition) is 6. The summed E-state index contributed by atoms with van der Waals surface area (Å²) in [6.07, 6.45) is 3.35. The molecule has 15 heavy (non-hydrogen) atoms. The van der Waals surface area contributed by atoms with Crippen LogP contribution < -0.4 is 5.73 Å². The number of anilines is 1. The third kappa shape index (κ3) is 2.27. The lowest BCUT2D eigenvalue weighted by molar-refractivity contribution is 0.302. The lowest BCUT2D eigenvalue weighted by atomic mass is 10.4. The van der Waals surface area contributed by atoms with Crippen LogP contribution in [0.15, 0.2) is 28.0 Å². The molecule has 0 aliphatic carbocycles. The van der Waals surface area contributed by atoms with Crippen LogP contribution in [0.3, 0.4) is 0 Å². The zero-order valence-electron chi connectivity index (χ0n) is 8.17. The van der Waals surface area contributed by atoms with Gasteiger partial charge in [0.25, 0.3) is 0 Å². The molecule has 2 aromatic heterocycles. The highest BCUT2D eigenvalue weighted by atomic mass is 32.2. The van der Waals surface area contributed by atoms with E-state index in [1.807, 2.05) is 13.0 Å². The molecule has 0 aromatic carbocycles. The minimum Gasteiger partial charge on any atom is -0.397 e. The minimum absolute atomic E-state index is 0.677. The number of nitrogen functional groups attached to an aromatic ring is 1. The van der Waals surface area contributed by atoms with Crippen molar-refractivity contribution in [1.82, 2.24) is 15.3 Å². The second-order valence-electron chi connectivity index (χ2n) is 3.00. The average molecular weight is 222 g/mol. The van der Waals surface area contributed by atoms with Crippen LogP contribution >= 0.6 is 11.8 Å². The molecule has 0 aliphatic rings. The van der Waals surface area contributed by atoms with Gasteiger partial charge in [0.1, 0.15) is 11.4 Å². The van der Waals surface area contributed by atoms with E-state index in [9.17, 15) is 0 Å². The van der Waals surface area contributed by atoms with Gasteiger partial charge in [-0.2, -0.15) is 0 Å². The second kappa shape index (κ2) is 4.31.